The Bertz CT molecular complexity index is 5930. The predicted octanol–water partition coefficient (Wildman–Crippen LogP) is 26.4. The van der Waals surface area contributed by atoms with E-state index in [0.29, 0.717) is 0 Å². The summed E-state index contributed by atoms with van der Waals surface area (Å²) in [5.74, 6) is 0. The highest BCUT2D eigenvalue weighted by Gasteiger charge is 2.24. The molecule has 1 aliphatic carbocycles. The molecule has 0 atom stereocenters. The highest BCUT2D eigenvalue weighted by atomic mass is 79.9. The third-order valence-electron chi connectivity index (χ3n) is 19.7. The molecule has 20 rings (SSSR count). The zero-order valence-corrected chi connectivity index (χ0v) is 53.6. The van der Waals surface area contributed by atoms with E-state index in [0.717, 1.165) is 16.6 Å². The minimum atomic E-state index is 1.06. The van der Waals surface area contributed by atoms with Crippen LogP contribution in [0.2, 0.25) is 0 Å². The normalized spacial score (nSPS) is 11.8. The number of nitrogens with zero attached hydrogens (tertiary/aromatic N) is 1. The highest BCUT2D eigenvalue weighted by Crippen LogP contribution is 2.49. The van der Waals surface area contributed by atoms with Crippen LogP contribution in [0.3, 0.4) is 0 Å². The van der Waals surface area contributed by atoms with Crippen LogP contribution >= 0.6 is 15.9 Å². The average molecular weight is 1270 g/mol. The molecule has 0 aliphatic heterocycles. The first kappa shape index (κ1) is 56.1. The second-order valence-corrected chi connectivity index (χ2v) is 25.9. The van der Waals surface area contributed by atoms with Crippen molar-refractivity contribution >= 4 is 124 Å². The Morgan fingerprint density at radius 1 is 0.200 bits per heavy atom. The van der Waals surface area contributed by atoms with Gasteiger partial charge in [0.25, 0.3) is 0 Å². The minimum absolute atomic E-state index is 1.06. The van der Waals surface area contributed by atoms with Gasteiger partial charge in [-0.2, -0.15) is 0 Å². The maximum absolute atomic E-state index is 3.56. The maximum Gasteiger partial charge on any atom is 0.0547 e. The van der Waals surface area contributed by atoms with Gasteiger partial charge in [-0.05, 0) is 196 Å². The van der Waals surface area contributed by atoms with Crippen molar-refractivity contribution in [1.82, 2.24) is 4.57 Å². The van der Waals surface area contributed by atoms with Gasteiger partial charge in [-0.1, -0.05) is 331 Å². The van der Waals surface area contributed by atoms with Crippen molar-refractivity contribution in [3.63, 3.8) is 0 Å². The third-order valence-corrected chi connectivity index (χ3v) is 20.3. The van der Waals surface area contributed by atoms with E-state index in [1.165, 1.54) is 175 Å². The SMILES string of the molecule is Brc1ccc(-c2c3ccccc3c(-c3ccccc3)c3ccccc23)cc1.c1ccc(-c2c3ccccc3c(-c3ccc(-n4c5ccc6ccccc6c5c5c6ccccc6ccc54)cc3)c3ccccc23)cc1.c1ccc2c3c(ccc2c1)Cc1ccc2ccccc2c1-3. The van der Waals surface area contributed by atoms with Crippen molar-refractivity contribution in [2.45, 2.75) is 6.42 Å². The maximum atomic E-state index is 3.56. The molecular formula is C93H60BrN. The number of fused-ring (bicyclic) bond motifs is 18. The first-order valence-electron chi connectivity index (χ1n) is 32.8. The van der Waals surface area contributed by atoms with E-state index in [4.69, 9.17) is 0 Å². The summed E-state index contributed by atoms with van der Waals surface area (Å²) in [7, 11) is 0. The largest absolute Gasteiger partial charge is 0.309 e. The number of halogens is 1. The molecule has 1 aliphatic rings. The molecule has 18 aromatic carbocycles. The van der Waals surface area contributed by atoms with Crippen LogP contribution in [-0.4, -0.2) is 4.57 Å². The molecule has 444 valence electrons. The summed E-state index contributed by atoms with van der Waals surface area (Å²) in [6, 6.07) is 128. The van der Waals surface area contributed by atoms with Crippen LogP contribution in [0, 0.1) is 0 Å². The van der Waals surface area contributed by atoms with Crippen molar-refractivity contribution in [3.8, 4) is 61.3 Å². The lowest BCUT2D eigenvalue weighted by molar-refractivity contribution is 1.18. The topological polar surface area (TPSA) is 4.93 Å². The summed E-state index contributed by atoms with van der Waals surface area (Å²) in [6.07, 6.45) is 1.06. The van der Waals surface area contributed by atoms with E-state index in [9.17, 15) is 0 Å². The third kappa shape index (κ3) is 9.51. The monoisotopic (exact) mass is 1270 g/mol. The molecule has 1 aromatic heterocycles. The number of rotatable bonds is 5. The first-order chi connectivity index (χ1) is 47.1. The summed E-state index contributed by atoms with van der Waals surface area (Å²) in [4.78, 5) is 0. The zero-order valence-electron chi connectivity index (χ0n) is 52.0. The lowest BCUT2D eigenvalue weighted by Gasteiger charge is -2.18. The highest BCUT2D eigenvalue weighted by molar-refractivity contribution is 9.10. The Morgan fingerprint density at radius 2 is 0.463 bits per heavy atom. The molecule has 95 heavy (non-hydrogen) atoms. The lowest BCUT2D eigenvalue weighted by Crippen LogP contribution is -1.95. The fourth-order valence-corrected chi connectivity index (χ4v) is 15.9. The van der Waals surface area contributed by atoms with Crippen LogP contribution in [0.5, 0.6) is 0 Å². The van der Waals surface area contributed by atoms with Gasteiger partial charge in [-0.3, -0.25) is 0 Å². The van der Waals surface area contributed by atoms with Gasteiger partial charge in [0, 0.05) is 20.9 Å². The van der Waals surface area contributed by atoms with E-state index >= 15 is 0 Å². The summed E-state index contributed by atoms with van der Waals surface area (Å²) in [5, 5.41) is 23.4. The molecule has 1 nitrogen and oxygen atoms in total. The molecule has 19 aromatic rings. The number of benzene rings is 18. The molecule has 0 radical (unpaired) electrons. The van der Waals surface area contributed by atoms with Crippen molar-refractivity contribution in [1.29, 1.82) is 0 Å². The van der Waals surface area contributed by atoms with E-state index in [2.05, 4.69) is 372 Å². The Balaban J connectivity index is 0.000000116. The van der Waals surface area contributed by atoms with Gasteiger partial charge < -0.3 is 4.57 Å². The molecular weight excluding hydrogens is 1210 g/mol. The lowest BCUT2D eigenvalue weighted by atomic mass is 9.86. The smallest absolute Gasteiger partial charge is 0.0547 e. The quantitative estimate of drug-likeness (QED) is 0.151. The van der Waals surface area contributed by atoms with Gasteiger partial charge in [0.2, 0.25) is 0 Å². The molecule has 0 amide bonds. The average Bonchev–Trinajstić information content (AvgIpc) is 1.63. The van der Waals surface area contributed by atoms with Crippen molar-refractivity contribution < 1.29 is 0 Å². The second kappa shape index (κ2) is 23.5. The van der Waals surface area contributed by atoms with Crippen molar-refractivity contribution in [3.05, 3.63) is 367 Å². The van der Waals surface area contributed by atoms with Crippen molar-refractivity contribution in [2.24, 2.45) is 0 Å². The fraction of sp³-hybridized carbons (Fsp3) is 0.0108. The Labute approximate surface area is 559 Å². The van der Waals surface area contributed by atoms with Gasteiger partial charge >= 0.3 is 0 Å². The Kier molecular flexibility index (Phi) is 13.9. The zero-order chi connectivity index (χ0) is 62.9. The van der Waals surface area contributed by atoms with Crippen LogP contribution in [0.1, 0.15) is 11.1 Å². The molecule has 0 bridgehead atoms. The van der Waals surface area contributed by atoms with Crippen LogP contribution in [0.25, 0.3) is 169 Å². The predicted molar refractivity (Wildman–Crippen MR) is 411 cm³/mol. The van der Waals surface area contributed by atoms with Gasteiger partial charge in [-0.25, -0.2) is 0 Å². The van der Waals surface area contributed by atoms with Gasteiger partial charge in [0.1, 0.15) is 0 Å². The van der Waals surface area contributed by atoms with Crippen LogP contribution < -0.4 is 0 Å². The van der Waals surface area contributed by atoms with E-state index in [1.54, 1.807) is 0 Å². The van der Waals surface area contributed by atoms with Gasteiger partial charge in [0.15, 0.2) is 0 Å². The number of hydrogen-bond donors (Lipinski definition) is 0. The Hall–Kier alpha value is -11.7. The first-order valence-corrected chi connectivity index (χ1v) is 33.6. The van der Waals surface area contributed by atoms with E-state index in [-0.39, 0.29) is 0 Å². The summed E-state index contributed by atoms with van der Waals surface area (Å²) in [6.45, 7) is 0. The number of hydrogen-bond acceptors (Lipinski definition) is 0. The summed E-state index contributed by atoms with van der Waals surface area (Å²) in [5.41, 5.74) is 19.6. The Morgan fingerprint density at radius 3 is 0.811 bits per heavy atom. The fourth-order valence-electron chi connectivity index (χ4n) is 15.7. The van der Waals surface area contributed by atoms with Crippen LogP contribution in [-0.2, 0) is 6.42 Å². The summed E-state index contributed by atoms with van der Waals surface area (Å²) >= 11 is 3.56. The van der Waals surface area contributed by atoms with Crippen molar-refractivity contribution in [2.75, 3.05) is 0 Å². The van der Waals surface area contributed by atoms with E-state index in [1.807, 2.05) is 0 Å². The van der Waals surface area contributed by atoms with Crippen LogP contribution in [0.15, 0.2) is 356 Å². The summed E-state index contributed by atoms with van der Waals surface area (Å²) < 4.78 is 3.54. The van der Waals surface area contributed by atoms with Crippen LogP contribution in [0.4, 0.5) is 0 Å². The molecule has 0 spiro atoms. The second-order valence-electron chi connectivity index (χ2n) is 25.0. The molecule has 0 fully saturated rings. The molecule has 0 N–H and O–H groups in total. The molecule has 0 unspecified atom stereocenters. The van der Waals surface area contributed by atoms with Gasteiger partial charge in [0.05, 0.1) is 11.0 Å². The minimum Gasteiger partial charge on any atom is -0.309 e. The van der Waals surface area contributed by atoms with E-state index < -0.39 is 0 Å². The molecule has 0 saturated heterocycles. The van der Waals surface area contributed by atoms with Gasteiger partial charge in [-0.15, -0.1) is 0 Å². The molecule has 2 heteroatoms. The standard InChI is InChI=1S/C46H29N.C26H17Br.C21H14/c1-2-14-32(15-3-1)43-37-18-8-10-20-39(37)44(40-21-11-9-19-38(40)43)33-22-26-34(27-23-33)47-41-28-24-30-12-4-6-16-35(30)45(41)46-36-17-7-5-13-31(36)25-29-42(46)47;27-20-16-14-19(15-17-20)26-23-12-6-4-10-21(23)25(18-8-2-1-3-9-18)22-11-5-7-13-24(22)26;1-3-7-18-14(5-1)9-11-16-13-17-12-10-15-6-2-4-8-19(15)21(17)20(16)18/h1-29H;1-17H;1-12H,13H2. The molecule has 0 saturated carbocycles. The molecule has 1 heterocycles. The number of aromatic nitrogens is 1.